The molecule has 1 aliphatic rings. The van der Waals surface area contributed by atoms with Gasteiger partial charge in [0.25, 0.3) is 6.43 Å². The highest BCUT2D eigenvalue weighted by Crippen LogP contribution is 2.23. The molecule has 21 heavy (non-hydrogen) atoms. The molecular weight excluding hydrogens is 282 g/mol. The van der Waals surface area contributed by atoms with Gasteiger partial charge in [-0.25, -0.2) is 8.78 Å². The van der Waals surface area contributed by atoms with E-state index in [2.05, 4.69) is 10.6 Å². The van der Waals surface area contributed by atoms with Gasteiger partial charge < -0.3 is 20.5 Å². The summed E-state index contributed by atoms with van der Waals surface area (Å²) >= 11 is 0. The van der Waals surface area contributed by atoms with E-state index in [-0.39, 0.29) is 5.91 Å². The van der Waals surface area contributed by atoms with Crippen molar-refractivity contribution in [3.05, 3.63) is 23.8 Å². The fourth-order valence-corrected chi connectivity index (χ4v) is 2.13. The Hall–Kier alpha value is -1.73. The number of benzene rings is 1. The summed E-state index contributed by atoms with van der Waals surface area (Å²) in [5.74, 6) is 0.0442. The van der Waals surface area contributed by atoms with Crippen molar-refractivity contribution in [2.75, 3.05) is 18.5 Å². The number of carbonyl (C=O) groups excluding carboxylic acids is 1. The monoisotopic (exact) mass is 300 g/mol. The number of ether oxygens (including phenoxy) is 1. The highest BCUT2D eigenvalue weighted by Gasteiger charge is 2.28. The lowest BCUT2D eigenvalue weighted by Gasteiger charge is -2.14. The van der Waals surface area contributed by atoms with E-state index in [1.165, 1.54) is 6.07 Å². The molecule has 2 rings (SSSR count). The molecule has 7 heteroatoms. The van der Waals surface area contributed by atoms with E-state index in [1.54, 1.807) is 19.1 Å². The first-order valence-corrected chi connectivity index (χ1v) is 6.69. The number of halogens is 2. The Labute approximate surface area is 121 Å². The van der Waals surface area contributed by atoms with E-state index in [4.69, 9.17) is 4.74 Å². The molecule has 0 bridgehead atoms. The van der Waals surface area contributed by atoms with Gasteiger partial charge in [0, 0.05) is 18.3 Å². The molecule has 1 aliphatic heterocycles. The normalized spacial score (nSPS) is 21.6. The van der Waals surface area contributed by atoms with Crippen molar-refractivity contribution in [2.24, 2.45) is 0 Å². The summed E-state index contributed by atoms with van der Waals surface area (Å²) in [6.07, 6.45) is -2.72. The largest absolute Gasteiger partial charge is 0.487 e. The highest BCUT2D eigenvalue weighted by molar-refractivity contribution is 5.95. The summed E-state index contributed by atoms with van der Waals surface area (Å²) in [5.41, 5.74) is 1.18. The molecule has 1 fully saturated rings. The molecule has 1 aromatic carbocycles. The van der Waals surface area contributed by atoms with Crippen LogP contribution in [0.4, 0.5) is 14.5 Å². The van der Waals surface area contributed by atoms with Crippen LogP contribution in [-0.2, 0) is 4.79 Å². The number of anilines is 1. The minimum absolute atomic E-state index is 0.268. The molecule has 1 amide bonds. The number of hydrogen-bond acceptors (Lipinski definition) is 4. The molecule has 2 atom stereocenters. The Morgan fingerprint density at radius 1 is 1.57 bits per heavy atom. The first-order chi connectivity index (χ1) is 9.95. The Morgan fingerprint density at radius 3 is 2.95 bits per heavy atom. The van der Waals surface area contributed by atoms with Crippen LogP contribution in [0, 0.1) is 6.92 Å². The predicted octanol–water partition coefficient (Wildman–Crippen LogP) is 1.30. The molecule has 116 valence electrons. The van der Waals surface area contributed by atoms with Crippen LogP contribution in [0.5, 0.6) is 5.75 Å². The van der Waals surface area contributed by atoms with E-state index >= 15 is 0 Å². The summed E-state index contributed by atoms with van der Waals surface area (Å²) in [5, 5.41) is 15.0. The van der Waals surface area contributed by atoms with Crippen LogP contribution in [-0.4, -0.2) is 42.7 Å². The van der Waals surface area contributed by atoms with Crippen molar-refractivity contribution >= 4 is 11.6 Å². The van der Waals surface area contributed by atoms with Gasteiger partial charge in [-0.3, -0.25) is 4.79 Å². The van der Waals surface area contributed by atoms with Crippen LogP contribution >= 0.6 is 0 Å². The van der Waals surface area contributed by atoms with Gasteiger partial charge in [-0.1, -0.05) is 6.07 Å². The van der Waals surface area contributed by atoms with Crippen LogP contribution in [0.1, 0.15) is 12.0 Å². The third-order valence-electron chi connectivity index (χ3n) is 3.24. The molecule has 0 aromatic heterocycles. The summed E-state index contributed by atoms with van der Waals surface area (Å²) < 4.78 is 29.4. The van der Waals surface area contributed by atoms with E-state index < -0.39 is 25.2 Å². The molecule has 0 radical (unpaired) electrons. The van der Waals surface area contributed by atoms with Gasteiger partial charge in [0.15, 0.2) is 0 Å². The molecular formula is C14H18F2N2O3. The maximum atomic E-state index is 12.2. The lowest BCUT2D eigenvalue weighted by molar-refractivity contribution is -0.117. The van der Waals surface area contributed by atoms with Gasteiger partial charge in [-0.05, 0) is 25.0 Å². The molecule has 1 saturated heterocycles. The molecule has 0 aliphatic carbocycles. The quantitative estimate of drug-likeness (QED) is 0.766. The van der Waals surface area contributed by atoms with Crippen molar-refractivity contribution in [3.63, 3.8) is 0 Å². The molecule has 0 saturated carbocycles. The molecule has 2 unspecified atom stereocenters. The summed E-state index contributed by atoms with van der Waals surface area (Å²) in [4.78, 5) is 12.0. The predicted molar refractivity (Wildman–Crippen MR) is 73.7 cm³/mol. The Kier molecular flexibility index (Phi) is 5.08. The second-order valence-electron chi connectivity index (χ2n) is 5.02. The van der Waals surface area contributed by atoms with Crippen LogP contribution < -0.4 is 15.4 Å². The van der Waals surface area contributed by atoms with Crippen LogP contribution in [0.25, 0.3) is 0 Å². The van der Waals surface area contributed by atoms with E-state index in [9.17, 15) is 18.7 Å². The number of alkyl halides is 2. The van der Waals surface area contributed by atoms with E-state index in [0.717, 1.165) is 0 Å². The van der Waals surface area contributed by atoms with Gasteiger partial charge in [-0.2, -0.15) is 0 Å². The van der Waals surface area contributed by atoms with Crippen LogP contribution in [0.15, 0.2) is 18.2 Å². The number of aliphatic hydroxyl groups excluding tert-OH is 1. The van der Waals surface area contributed by atoms with Crippen molar-refractivity contribution in [1.82, 2.24) is 5.32 Å². The third-order valence-corrected chi connectivity index (χ3v) is 3.24. The Bertz CT molecular complexity index is 511. The number of aryl methyl sites for hydroxylation is 1. The maximum absolute atomic E-state index is 12.2. The molecule has 1 aromatic rings. The SMILES string of the molecule is Cc1ccc(NC(=O)C2CC(O)CN2)cc1OCC(F)F. The van der Waals surface area contributed by atoms with Gasteiger partial charge in [0.05, 0.1) is 12.1 Å². The topological polar surface area (TPSA) is 70.6 Å². The fraction of sp³-hybridized carbons (Fsp3) is 0.500. The van der Waals surface area contributed by atoms with Gasteiger partial charge >= 0.3 is 0 Å². The van der Waals surface area contributed by atoms with Crippen molar-refractivity contribution < 1.29 is 23.4 Å². The zero-order chi connectivity index (χ0) is 15.4. The second kappa shape index (κ2) is 6.82. The lowest BCUT2D eigenvalue weighted by atomic mass is 10.1. The van der Waals surface area contributed by atoms with Crippen molar-refractivity contribution in [1.29, 1.82) is 0 Å². The van der Waals surface area contributed by atoms with Crippen molar-refractivity contribution in [2.45, 2.75) is 31.9 Å². The number of rotatable bonds is 5. The van der Waals surface area contributed by atoms with Crippen LogP contribution in [0.2, 0.25) is 0 Å². The maximum Gasteiger partial charge on any atom is 0.272 e. The number of amides is 1. The first-order valence-electron chi connectivity index (χ1n) is 6.69. The highest BCUT2D eigenvalue weighted by atomic mass is 19.3. The summed E-state index contributed by atoms with van der Waals surface area (Å²) in [6.45, 7) is 1.44. The number of hydrogen-bond donors (Lipinski definition) is 3. The minimum atomic E-state index is -2.55. The van der Waals surface area contributed by atoms with Gasteiger partial charge in [0.2, 0.25) is 5.91 Å². The Balaban J connectivity index is 1.99. The van der Waals surface area contributed by atoms with E-state index in [1.807, 2.05) is 0 Å². The van der Waals surface area contributed by atoms with Crippen LogP contribution in [0.3, 0.4) is 0 Å². The zero-order valence-corrected chi connectivity index (χ0v) is 11.6. The molecule has 3 N–H and O–H groups in total. The summed E-state index contributed by atoms with van der Waals surface area (Å²) in [6, 6.07) is 4.43. The number of β-amino-alcohol motifs (C(OH)–C–C–N with tert-alkyl or cyclic N) is 1. The number of nitrogens with one attached hydrogen (secondary N) is 2. The lowest BCUT2D eigenvalue weighted by Crippen LogP contribution is -2.35. The third kappa shape index (κ3) is 4.37. The summed E-state index contributed by atoms with van der Waals surface area (Å²) in [7, 11) is 0. The molecule has 5 nitrogen and oxygen atoms in total. The smallest absolute Gasteiger partial charge is 0.272 e. The van der Waals surface area contributed by atoms with Gasteiger partial charge in [0.1, 0.15) is 12.4 Å². The van der Waals surface area contributed by atoms with E-state index in [0.29, 0.717) is 30.0 Å². The second-order valence-corrected chi connectivity index (χ2v) is 5.02. The zero-order valence-electron chi connectivity index (χ0n) is 11.6. The van der Waals surface area contributed by atoms with Gasteiger partial charge in [-0.15, -0.1) is 0 Å². The van der Waals surface area contributed by atoms with Crippen molar-refractivity contribution in [3.8, 4) is 5.75 Å². The molecule has 1 heterocycles. The number of aliphatic hydroxyl groups is 1. The average molecular weight is 300 g/mol. The standard InChI is InChI=1S/C14H18F2N2O3/c1-8-2-3-9(4-12(8)21-7-13(15)16)18-14(20)11-5-10(19)6-17-11/h2-4,10-11,13,17,19H,5-7H2,1H3,(H,18,20). The minimum Gasteiger partial charge on any atom is -0.487 e. The fourth-order valence-electron chi connectivity index (χ4n) is 2.13. The Morgan fingerprint density at radius 2 is 2.33 bits per heavy atom. The average Bonchev–Trinajstić information content (AvgIpc) is 2.86. The molecule has 0 spiro atoms. The first kappa shape index (κ1) is 15.7. The number of carbonyl (C=O) groups is 1.